The molecule has 0 amide bonds. The molecule has 9 aromatic rings. The van der Waals surface area contributed by atoms with Gasteiger partial charge in [0, 0.05) is 54.8 Å². The molecule has 0 aliphatic carbocycles. The summed E-state index contributed by atoms with van der Waals surface area (Å²) in [5, 5.41) is 3.81. The van der Waals surface area contributed by atoms with Gasteiger partial charge in [-0.2, -0.15) is 0 Å². The van der Waals surface area contributed by atoms with E-state index >= 15 is 0 Å². The SMILES string of the molecule is C=CC.C=N/C=C\C.CC.c1ccc(-c2cc(-c3ccccc3)nc(-c3ccc(-n4c5cccnc5c5c6sc7ccccc7c6ccc54)cc3)c2)cc1. The third kappa shape index (κ3) is 7.68. The van der Waals surface area contributed by atoms with Gasteiger partial charge in [-0.15, -0.1) is 17.9 Å². The summed E-state index contributed by atoms with van der Waals surface area (Å²) in [4.78, 5) is 13.4. The first-order valence-electron chi connectivity index (χ1n) is 18.2. The van der Waals surface area contributed by atoms with Gasteiger partial charge in [0.1, 0.15) is 0 Å². The highest BCUT2D eigenvalue weighted by Gasteiger charge is 2.18. The van der Waals surface area contributed by atoms with Gasteiger partial charge in [-0.1, -0.05) is 123 Å². The van der Waals surface area contributed by atoms with Crippen LogP contribution in [-0.4, -0.2) is 21.3 Å². The number of aliphatic imine (C=N–C) groups is 1. The number of rotatable bonds is 5. The molecule has 0 spiro atoms. The fourth-order valence-corrected chi connectivity index (χ4v) is 7.74. The van der Waals surface area contributed by atoms with Crippen LogP contribution in [0, 0.1) is 0 Å². The highest BCUT2D eigenvalue weighted by atomic mass is 32.1. The van der Waals surface area contributed by atoms with E-state index < -0.39 is 0 Å². The zero-order valence-corrected chi connectivity index (χ0v) is 32.1. The van der Waals surface area contributed by atoms with Crippen molar-refractivity contribution in [2.24, 2.45) is 4.99 Å². The van der Waals surface area contributed by atoms with Crippen LogP contribution in [0.1, 0.15) is 27.7 Å². The van der Waals surface area contributed by atoms with Gasteiger partial charge < -0.3 is 4.57 Å². The van der Waals surface area contributed by atoms with Gasteiger partial charge in [0.15, 0.2) is 0 Å². The minimum atomic E-state index is 0.952. The fraction of sp³-hybridized carbons (Fsp3) is 0.0816. The van der Waals surface area contributed by atoms with Crippen LogP contribution in [0.4, 0.5) is 0 Å². The highest BCUT2D eigenvalue weighted by Crippen LogP contribution is 2.42. The maximum atomic E-state index is 5.13. The Labute approximate surface area is 322 Å². The summed E-state index contributed by atoms with van der Waals surface area (Å²) in [5.74, 6) is 0. The zero-order valence-electron chi connectivity index (χ0n) is 31.3. The quantitative estimate of drug-likeness (QED) is 0.131. The molecule has 266 valence electrons. The van der Waals surface area contributed by atoms with Crippen molar-refractivity contribution in [3.8, 4) is 39.3 Å². The first-order chi connectivity index (χ1) is 26.6. The second-order valence-corrected chi connectivity index (χ2v) is 13.2. The number of allylic oxidation sites excluding steroid dienone is 2. The van der Waals surface area contributed by atoms with Crippen molar-refractivity contribution < 1.29 is 0 Å². The lowest BCUT2D eigenvalue weighted by Gasteiger charge is -2.12. The predicted octanol–water partition coefficient (Wildman–Crippen LogP) is 14.4. The Bertz CT molecular complexity index is 2610. The van der Waals surface area contributed by atoms with Gasteiger partial charge in [0.25, 0.3) is 0 Å². The number of benzene rings is 5. The van der Waals surface area contributed by atoms with E-state index in [4.69, 9.17) is 9.97 Å². The van der Waals surface area contributed by atoms with E-state index in [2.05, 4.69) is 156 Å². The lowest BCUT2D eigenvalue weighted by Crippen LogP contribution is -1.95. The third-order valence-electron chi connectivity index (χ3n) is 8.71. The van der Waals surface area contributed by atoms with Crippen LogP contribution in [-0.2, 0) is 0 Å². The molecule has 0 fully saturated rings. The summed E-state index contributed by atoms with van der Waals surface area (Å²) in [6.07, 6.45) is 7.12. The van der Waals surface area contributed by atoms with Crippen molar-refractivity contribution in [3.05, 3.63) is 177 Å². The Balaban J connectivity index is 0.000000450. The standard InChI is InChI=1S/C40H25N3S.C4H7N.C3H6.C2H6/c1-3-10-26(11-4-1)29-24-33(27-12-5-2-6-13-27)42-34(25-29)28-17-19-30(20-18-28)43-35-22-21-32-31-14-7-8-16-37(31)44-40(32)38(35)39-36(43)15-9-23-41-39;1-3-4-5-2;1-3-2;1-2/h1-25H;3-4H,2H2,1H3;3H,1H2,2H3;1-2H3/b;4-3-;;. The molecule has 54 heavy (non-hydrogen) atoms. The minimum Gasteiger partial charge on any atom is -0.308 e. The van der Waals surface area contributed by atoms with Crippen LogP contribution < -0.4 is 0 Å². The van der Waals surface area contributed by atoms with E-state index in [0.717, 1.165) is 44.8 Å². The number of hydrogen-bond acceptors (Lipinski definition) is 4. The first-order valence-corrected chi connectivity index (χ1v) is 19.0. The summed E-state index contributed by atoms with van der Waals surface area (Å²) in [6.45, 7) is 14.4. The highest BCUT2D eigenvalue weighted by molar-refractivity contribution is 7.26. The van der Waals surface area contributed by atoms with Gasteiger partial charge in [-0.05, 0) is 80.2 Å². The monoisotopic (exact) mass is 720 g/mol. The molecule has 0 aliphatic heterocycles. The normalized spacial score (nSPS) is 10.7. The van der Waals surface area contributed by atoms with Gasteiger partial charge in [0.05, 0.1) is 27.9 Å². The van der Waals surface area contributed by atoms with E-state index in [-0.39, 0.29) is 0 Å². The van der Waals surface area contributed by atoms with Crippen LogP contribution in [0.2, 0.25) is 0 Å². The molecule has 4 aromatic heterocycles. The van der Waals surface area contributed by atoms with Gasteiger partial charge in [-0.25, -0.2) is 4.98 Å². The number of aromatic nitrogens is 3. The Kier molecular flexibility index (Phi) is 12.4. The third-order valence-corrected chi connectivity index (χ3v) is 9.91. The summed E-state index contributed by atoms with van der Waals surface area (Å²) < 4.78 is 4.93. The molecular formula is C49H44N4S. The molecule has 4 heterocycles. The van der Waals surface area contributed by atoms with E-state index in [1.807, 2.05) is 63.4 Å². The summed E-state index contributed by atoms with van der Waals surface area (Å²) in [5.41, 5.74) is 10.8. The summed E-state index contributed by atoms with van der Waals surface area (Å²) in [7, 11) is 0. The van der Waals surface area contributed by atoms with Crippen LogP contribution in [0.25, 0.3) is 81.4 Å². The molecule has 4 nitrogen and oxygen atoms in total. The largest absolute Gasteiger partial charge is 0.308 e. The molecule has 0 bridgehead atoms. The van der Waals surface area contributed by atoms with Crippen LogP contribution >= 0.6 is 11.3 Å². The van der Waals surface area contributed by atoms with Crippen molar-refractivity contribution in [2.75, 3.05) is 0 Å². The van der Waals surface area contributed by atoms with Crippen LogP contribution in [0.15, 0.2) is 182 Å². The van der Waals surface area contributed by atoms with Crippen molar-refractivity contribution in [3.63, 3.8) is 0 Å². The maximum absolute atomic E-state index is 5.13. The average Bonchev–Trinajstić information content (AvgIpc) is 3.79. The van der Waals surface area contributed by atoms with E-state index in [9.17, 15) is 0 Å². The number of hydrogen-bond donors (Lipinski definition) is 0. The molecule has 0 N–H and O–H groups in total. The molecular weight excluding hydrogens is 677 g/mol. The van der Waals surface area contributed by atoms with Crippen molar-refractivity contribution >= 4 is 60.2 Å². The predicted molar refractivity (Wildman–Crippen MR) is 237 cm³/mol. The lowest BCUT2D eigenvalue weighted by atomic mass is 10.00. The Hall–Kier alpha value is -6.43. The fourth-order valence-electron chi connectivity index (χ4n) is 6.49. The number of pyridine rings is 2. The Morgan fingerprint density at radius 2 is 1.24 bits per heavy atom. The summed E-state index contributed by atoms with van der Waals surface area (Å²) in [6, 6.07) is 51.5. The molecule has 9 rings (SSSR count). The molecule has 0 atom stereocenters. The number of nitrogens with zero attached hydrogens (tertiary/aromatic N) is 4. The smallest absolute Gasteiger partial charge is 0.0977 e. The molecule has 0 saturated heterocycles. The summed E-state index contributed by atoms with van der Waals surface area (Å²) >= 11 is 1.85. The van der Waals surface area contributed by atoms with Crippen molar-refractivity contribution in [1.29, 1.82) is 0 Å². The Morgan fingerprint density at radius 3 is 1.87 bits per heavy atom. The zero-order chi connectivity index (χ0) is 37.9. The topological polar surface area (TPSA) is 43.1 Å². The molecule has 0 saturated carbocycles. The van der Waals surface area contributed by atoms with Crippen molar-refractivity contribution in [1.82, 2.24) is 14.5 Å². The maximum Gasteiger partial charge on any atom is 0.0977 e. The van der Waals surface area contributed by atoms with E-state index in [0.29, 0.717) is 0 Å². The van der Waals surface area contributed by atoms with Gasteiger partial charge >= 0.3 is 0 Å². The van der Waals surface area contributed by atoms with Crippen LogP contribution in [0.3, 0.4) is 0 Å². The second kappa shape index (κ2) is 17.9. The van der Waals surface area contributed by atoms with E-state index in [1.165, 1.54) is 36.6 Å². The molecule has 0 unspecified atom stereocenters. The van der Waals surface area contributed by atoms with Gasteiger partial charge in [0.2, 0.25) is 0 Å². The van der Waals surface area contributed by atoms with Crippen LogP contribution in [0.5, 0.6) is 0 Å². The lowest BCUT2D eigenvalue weighted by molar-refractivity contribution is 1.17. The Morgan fingerprint density at radius 1 is 0.630 bits per heavy atom. The number of thiophene rings is 1. The van der Waals surface area contributed by atoms with Crippen molar-refractivity contribution in [2.45, 2.75) is 27.7 Å². The second-order valence-electron chi connectivity index (χ2n) is 12.1. The first kappa shape index (κ1) is 37.3. The average molecular weight is 721 g/mol. The molecule has 0 radical (unpaired) electrons. The van der Waals surface area contributed by atoms with E-state index in [1.54, 1.807) is 12.3 Å². The molecule has 5 aromatic carbocycles. The molecule has 0 aliphatic rings. The minimum absolute atomic E-state index is 0.952. The number of fused-ring (bicyclic) bond motifs is 7. The molecule has 5 heteroatoms. The van der Waals surface area contributed by atoms with Gasteiger partial charge in [-0.3, -0.25) is 9.98 Å².